The number of piperidine rings is 1. The minimum absolute atomic E-state index is 0.164. The Hall–Kier alpha value is -2.14. The van der Waals surface area contributed by atoms with E-state index in [9.17, 15) is 8.78 Å². The number of ether oxygens (including phenoxy) is 2. The van der Waals surface area contributed by atoms with Crippen LogP contribution in [0.4, 0.5) is 8.78 Å². The molecule has 0 aromatic heterocycles. The highest BCUT2D eigenvalue weighted by molar-refractivity contribution is 5.29. The summed E-state index contributed by atoms with van der Waals surface area (Å²) < 4.78 is 37.8. The zero-order valence-electron chi connectivity index (χ0n) is 14.2. The third-order valence-electron chi connectivity index (χ3n) is 5.32. The average molecular weight is 345 g/mol. The maximum Gasteiger partial charge on any atom is 0.165 e. The minimum Gasteiger partial charge on any atom is -0.494 e. The second kappa shape index (κ2) is 6.30. The number of nitrogens with zero attached hydrogens (tertiary/aromatic N) is 1. The summed E-state index contributed by atoms with van der Waals surface area (Å²) in [6.45, 7) is 3.26. The molecule has 2 aliphatic rings. The summed E-state index contributed by atoms with van der Waals surface area (Å²) in [4.78, 5) is 2.34. The number of halogens is 2. The zero-order valence-corrected chi connectivity index (χ0v) is 14.2. The predicted molar refractivity (Wildman–Crippen MR) is 90.7 cm³/mol. The summed E-state index contributed by atoms with van der Waals surface area (Å²) in [7, 11) is 1.47. The van der Waals surface area contributed by atoms with Crippen molar-refractivity contribution in [3.8, 4) is 11.5 Å². The van der Waals surface area contributed by atoms with Crippen LogP contribution in [0.1, 0.15) is 12.0 Å². The monoisotopic (exact) mass is 345 g/mol. The molecule has 132 valence electrons. The van der Waals surface area contributed by atoms with Gasteiger partial charge in [0.15, 0.2) is 11.6 Å². The van der Waals surface area contributed by atoms with E-state index in [-0.39, 0.29) is 22.8 Å². The summed E-state index contributed by atoms with van der Waals surface area (Å²) in [5.41, 5.74) is 1.11. The number of methoxy groups -OCH3 is 1. The fourth-order valence-electron chi connectivity index (χ4n) is 3.90. The van der Waals surface area contributed by atoms with Crippen molar-refractivity contribution in [1.82, 2.24) is 4.90 Å². The Balaban J connectivity index is 1.34. The molecule has 4 rings (SSSR count). The van der Waals surface area contributed by atoms with Gasteiger partial charge in [0.25, 0.3) is 0 Å². The number of rotatable bonds is 6. The maximum atomic E-state index is 13.8. The lowest BCUT2D eigenvalue weighted by molar-refractivity contribution is 0.200. The van der Waals surface area contributed by atoms with Gasteiger partial charge in [-0.25, -0.2) is 8.78 Å². The van der Waals surface area contributed by atoms with E-state index in [2.05, 4.69) is 4.90 Å². The largest absolute Gasteiger partial charge is 0.494 e. The Bertz CT molecular complexity index is 782. The van der Waals surface area contributed by atoms with Crippen molar-refractivity contribution in [2.45, 2.75) is 13.0 Å². The summed E-state index contributed by atoms with van der Waals surface area (Å²) in [6.07, 6.45) is 1.15. The quantitative estimate of drug-likeness (QED) is 0.793. The van der Waals surface area contributed by atoms with E-state index >= 15 is 0 Å². The number of hydrogen-bond donors (Lipinski definition) is 0. The average Bonchev–Trinajstić information content (AvgIpc) is 3.15. The number of benzene rings is 2. The number of fused-ring (bicyclic) bond motifs is 1. The van der Waals surface area contributed by atoms with Gasteiger partial charge in [0.2, 0.25) is 0 Å². The Morgan fingerprint density at radius 1 is 1.20 bits per heavy atom. The lowest BCUT2D eigenvalue weighted by Gasteiger charge is -2.21. The van der Waals surface area contributed by atoms with E-state index in [0.29, 0.717) is 18.3 Å². The van der Waals surface area contributed by atoms with Gasteiger partial charge in [0.05, 0.1) is 13.7 Å². The number of hydrogen-bond acceptors (Lipinski definition) is 3. The Labute approximate surface area is 146 Å². The first-order valence-electron chi connectivity index (χ1n) is 8.51. The molecule has 0 amide bonds. The Morgan fingerprint density at radius 2 is 2.08 bits per heavy atom. The molecule has 2 aromatic rings. The molecular weight excluding hydrogens is 324 g/mol. The first-order valence-corrected chi connectivity index (χ1v) is 8.51. The fraction of sp³-hybridized carbons (Fsp3) is 0.400. The van der Waals surface area contributed by atoms with Gasteiger partial charge in [-0.05, 0) is 42.2 Å². The van der Waals surface area contributed by atoms with Crippen molar-refractivity contribution < 1.29 is 18.3 Å². The van der Waals surface area contributed by atoms with Crippen LogP contribution >= 0.6 is 0 Å². The highest BCUT2D eigenvalue weighted by Gasteiger charge is 2.60. The second-order valence-electron chi connectivity index (χ2n) is 7.15. The van der Waals surface area contributed by atoms with E-state index in [1.165, 1.54) is 19.2 Å². The van der Waals surface area contributed by atoms with Gasteiger partial charge >= 0.3 is 0 Å². The van der Waals surface area contributed by atoms with Gasteiger partial charge in [-0.2, -0.15) is 0 Å². The van der Waals surface area contributed by atoms with Crippen LogP contribution in [0, 0.1) is 23.0 Å². The highest BCUT2D eigenvalue weighted by Crippen LogP contribution is 2.58. The van der Waals surface area contributed by atoms with Gasteiger partial charge in [0.1, 0.15) is 11.6 Å². The van der Waals surface area contributed by atoms with E-state index in [0.717, 1.165) is 31.6 Å². The third-order valence-corrected chi connectivity index (χ3v) is 5.32. The van der Waals surface area contributed by atoms with Crippen LogP contribution in [-0.4, -0.2) is 31.7 Å². The predicted octanol–water partition coefficient (Wildman–Crippen LogP) is 3.87. The minimum atomic E-state index is -0.325. The van der Waals surface area contributed by atoms with E-state index in [1.807, 2.05) is 6.07 Å². The van der Waals surface area contributed by atoms with Crippen molar-refractivity contribution in [3.63, 3.8) is 0 Å². The smallest absolute Gasteiger partial charge is 0.165 e. The summed E-state index contributed by atoms with van der Waals surface area (Å²) in [6, 6.07) is 11.4. The van der Waals surface area contributed by atoms with E-state index in [1.54, 1.807) is 24.3 Å². The lowest BCUT2D eigenvalue weighted by Crippen LogP contribution is -2.27. The third kappa shape index (κ3) is 3.33. The number of likely N-dealkylation sites (tertiary alicyclic amines) is 1. The van der Waals surface area contributed by atoms with Crippen LogP contribution in [0.15, 0.2) is 42.5 Å². The van der Waals surface area contributed by atoms with E-state index in [4.69, 9.17) is 9.47 Å². The standard InChI is InChI=1S/C20H21F2NO2/c1-24-19-6-5-14(7-18(19)22)10-23-11-15-9-20(15,12-23)13-25-17-4-2-3-16(21)8-17/h2-8,15H,9-13H2,1H3. The van der Waals surface area contributed by atoms with Crippen molar-refractivity contribution in [1.29, 1.82) is 0 Å². The second-order valence-corrected chi connectivity index (χ2v) is 7.15. The molecule has 25 heavy (non-hydrogen) atoms. The topological polar surface area (TPSA) is 21.7 Å². The van der Waals surface area contributed by atoms with Crippen LogP contribution in [0.25, 0.3) is 0 Å². The molecule has 3 nitrogen and oxygen atoms in total. The van der Waals surface area contributed by atoms with Crippen molar-refractivity contribution in [2.75, 3.05) is 26.8 Å². The van der Waals surface area contributed by atoms with Crippen LogP contribution in [0.5, 0.6) is 11.5 Å². The van der Waals surface area contributed by atoms with Gasteiger partial charge in [0, 0.05) is 31.1 Å². The SMILES string of the molecule is COc1ccc(CN2CC3CC3(COc3cccc(F)c3)C2)cc1F. The van der Waals surface area contributed by atoms with Crippen LogP contribution < -0.4 is 9.47 Å². The molecule has 2 fully saturated rings. The Morgan fingerprint density at radius 3 is 2.84 bits per heavy atom. The first-order chi connectivity index (χ1) is 12.1. The van der Waals surface area contributed by atoms with Gasteiger partial charge in [-0.3, -0.25) is 4.90 Å². The molecule has 1 saturated heterocycles. The van der Waals surface area contributed by atoms with Crippen LogP contribution in [0.2, 0.25) is 0 Å². The molecule has 1 aliphatic heterocycles. The van der Waals surface area contributed by atoms with Gasteiger partial charge in [-0.15, -0.1) is 0 Å². The molecule has 1 heterocycles. The molecule has 2 atom stereocenters. The van der Waals surface area contributed by atoms with Gasteiger partial charge in [-0.1, -0.05) is 12.1 Å². The zero-order chi connectivity index (χ0) is 17.4. The first kappa shape index (κ1) is 16.3. The molecule has 0 spiro atoms. The van der Waals surface area contributed by atoms with Gasteiger partial charge < -0.3 is 9.47 Å². The summed E-state index contributed by atoms with van der Waals surface area (Å²) in [5, 5.41) is 0. The van der Waals surface area contributed by atoms with Crippen LogP contribution in [0.3, 0.4) is 0 Å². The molecule has 0 bridgehead atoms. The molecule has 2 aromatic carbocycles. The summed E-state index contributed by atoms with van der Waals surface area (Å²) in [5.74, 6) is 0.860. The summed E-state index contributed by atoms with van der Waals surface area (Å²) >= 11 is 0. The Kier molecular flexibility index (Phi) is 4.12. The molecule has 1 aliphatic carbocycles. The lowest BCUT2D eigenvalue weighted by atomic mass is 10.1. The highest BCUT2D eigenvalue weighted by atomic mass is 19.1. The van der Waals surface area contributed by atoms with Crippen LogP contribution in [-0.2, 0) is 6.54 Å². The molecule has 2 unspecified atom stereocenters. The maximum absolute atomic E-state index is 13.8. The fourth-order valence-corrected chi connectivity index (χ4v) is 3.90. The molecular formula is C20H21F2NO2. The molecule has 0 N–H and O–H groups in total. The van der Waals surface area contributed by atoms with Crippen molar-refractivity contribution in [3.05, 3.63) is 59.7 Å². The van der Waals surface area contributed by atoms with Crippen molar-refractivity contribution in [2.24, 2.45) is 11.3 Å². The molecule has 1 saturated carbocycles. The van der Waals surface area contributed by atoms with E-state index < -0.39 is 0 Å². The van der Waals surface area contributed by atoms with Crippen molar-refractivity contribution >= 4 is 0 Å². The molecule has 0 radical (unpaired) electrons. The normalized spacial score (nSPS) is 24.8. The molecule has 5 heteroatoms.